The number of carbonyl (C=O) groups excluding carboxylic acids is 1. The fourth-order valence-electron chi connectivity index (χ4n) is 5.76. The van der Waals surface area contributed by atoms with Gasteiger partial charge in [0.2, 0.25) is 5.95 Å². The molecule has 3 heterocycles. The number of urea groups is 1. The molecule has 6 rings (SSSR count). The summed E-state index contributed by atoms with van der Waals surface area (Å²) in [7, 11) is 4.82. The summed E-state index contributed by atoms with van der Waals surface area (Å²) in [6.07, 6.45) is 1.76. The normalized spacial score (nSPS) is 14.8. The van der Waals surface area contributed by atoms with Crippen LogP contribution in [0.5, 0.6) is 17.2 Å². The number of fused-ring (bicyclic) bond motifs is 1. The highest BCUT2D eigenvalue weighted by Crippen LogP contribution is 2.43. The van der Waals surface area contributed by atoms with Crippen LogP contribution in [0.3, 0.4) is 0 Å². The second-order valence-electron chi connectivity index (χ2n) is 10.6. The first-order valence-electron chi connectivity index (χ1n) is 14.5. The average Bonchev–Trinajstić information content (AvgIpc) is 3.05. The summed E-state index contributed by atoms with van der Waals surface area (Å²) in [5, 5.41) is 3.31. The van der Waals surface area contributed by atoms with Gasteiger partial charge in [-0.3, -0.25) is 4.90 Å². The molecular weight excluding hydrogens is 560 g/mol. The molecule has 0 radical (unpaired) electrons. The Balaban J connectivity index is 1.40. The number of hydrogen-bond donors (Lipinski definition) is 1. The van der Waals surface area contributed by atoms with Gasteiger partial charge in [-0.05, 0) is 49.2 Å². The molecule has 0 saturated carbocycles. The van der Waals surface area contributed by atoms with E-state index in [1.807, 2.05) is 50.2 Å². The molecule has 1 N–H and O–H groups in total. The van der Waals surface area contributed by atoms with Crippen molar-refractivity contribution < 1.29 is 23.7 Å². The number of methoxy groups -OCH3 is 3. The molecule has 0 atom stereocenters. The van der Waals surface area contributed by atoms with E-state index in [-0.39, 0.29) is 6.03 Å². The van der Waals surface area contributed by atoms with Gasteiger partial charge in [0, 0.05) is 42.7 Å². The van der Waals surface area contributed by atoms with Crippen LogP contribution in [0.25, 0.3) is 0 Å². The van der Waals surface area contributed by atoms with Gasteiger partial charge in [0.05, 0.1) is 58.2 Å². The van der Waals surface area contributed by atoms with E-state index in [4.69, 9.17) is 23.9 Å². The molecular formula is C33H36N6O5. The van der Waals surface area contributed by atoms with Crippen LogP contribution in [-0.2, 0) is 11.3 Å². The van der Waals surface area contributed by atoms with E-state index in [0.29, 0.717) is 48.7 Å². The highest BCUT2D eigenvalue weighted by atomic mass is 16.5. The standard InChI is InChI=1S/C33H36N6O5/c1-21-7-6-8-22(2)30(21)38-20-23-19-34-32(35-24-9-11-26(28(17-24)42-4)37-13-15-44-16-14-37)36-31(23)39(33(38)40)27-12-10-25(41-3)18-29(27)43-5/h6-12,17-19H,13-16,20H2,1-5H3,(H,34,35,36). The molecule has 11 nitrogen and oxygen atoms in total. The molecule has 0 bridgehead atoms. The van der Waals surface area contributed by atoms with Gasteiger partial charge in [0.25, 0.3) is 0 Å². The lowest BCUT2D eigenvalue weighted by Crippen LogP contribution is -2.46. The number of ether oxygens (including phenoxy) is 4. The third-order valence-electron chi connectivity index (χ3n) is 7.93. The molecule has 1 saturated heterocycles. The Hall–Kier alpha value is -5.03. The highest BCUT2D eigenvalue weighted by Gasteiger charge is 2.37. The van der Waals surface area contributed by atoms with Crippen molar-refractivity contribution in [3.8, 4) is 17.2 Å². The quantitative estimate of drug-likeness (QED) is 0.263. The second kappa shape index (κ2) is 12.3. The zero-order chi connectivity index (χ0) is 30.8. The maximum Gasteiger partial charge on any atom is 0.335 e. The fraction of sp³-hybridized carbons (Fsp3) is 0.303. The minimum Gasteiger partial charge on any atom is -0.497 e. The summed E-state index contributed by atoms with van der Waals surface area (Å²) in [5.74, 6) is 2.63. The van der Waals surface area contributed by atoms with Gasteiger partial charge in [-0.1, -0.05) is 18.2 Å². The molecule has 228 valence electrons. The fourth-order valence-corrected chi connectivity index (χ4v) is 5.76. The van der Waals surface area contributed by atoms with Crippen LogP contribution in [0.1, 0.15) is 16.7 Å². The maximum absolute atomic E-state index is 14.4. The summed E-state index contributed by atoms with van der Waals surface area (Å²) in [6.45, 7) is 7.29. The average molecular weight is 597 g/mol. The van der Waals surface area contributed by atoms with Crippen LogP contribution >= 0.6 is 0 Å². The largest absolute Gasteiger partial charge is 0.497 e. The SMILES string of the molecule is COc1ccc(N2C(=O)N(c3c(C)cccc3C)Cc3cnc(Nc4ccc(N5CCOCC5)c(OC)c4)nc32)c(OC)c1. The lowest BCUT2D eigenvalue weighted by molar-refractivity contribution is 0.122. The number of benzene rings is 3. The molecule has 4 aromatic rings. The van der Waals surface area contributed by atoms with Crippen LogP contribution in [0, 0.1) is 13.8 Å². The first-order chi connectivity index (χ1) is 21.4. The van der Waals surface area contributed by atoms with Crippen LogP contribution in [0.4, 0.5) is 39.3 Å². The minimum atomic E-state index is -0.250. The monoisotopic (exact) mass is 596 g/mol. The number of anilines is 6. The molecule has 1 aromatic heterocycles. The van der Waals surface area contributed by atoms with E-state index in [2.05, 4.69) is 15.2 Å². The van der Waals surface area contributed by atoms with Crippen LogP contribution in [0.15, 0.2) is 60.8 Å². The second-order valence-corrected chi connectivity index (χ2v) is 10.6. The first kappa shape index (κ1) is 29.1. The summed E-state index contributed by atoms with van der Waals surface area (Å²) < 4.78 is 22.4. The Labute approximate surface area is 256 Å². The van der Waals surface area contributed by atoms with Crippen molar-refractivity contribution >= 4 is 40.5 Å². The number of morpholine rings is 1. The molecule has 2 aliphatic heterocycles. The Morgan fingerprint density at radius 2 is 1.57 bits per heavy atom. The number of amides is 2. The lowest BCUT2D eigenvalue weighted by Gasteiger charge is -2.37. The predicted molar refractivity (Wildman–Crippen MR) is 171 cm³/mol. The summed E-state index contributed by atoms with van der Waals surface area (Å²) in [5.41, 5.74) is 5.94. The number of hydrogen-bond acceptors (Lipinski definition) is 9. The lowest BCUT2D eigenvalue weighted by atomic mass is 10.1. The summed E-state index contributed by atoms with van der Waals surface area (Å²) >= 11 is 0. The van der Waals surface area contributed by atoms with E-state index in [1.54, 1.807) is 55.5 Å². The van der Waals surface area contributed by atoms with Crippen LogP contribution in [-0.4, -0.2) is 63.6 Å². The van der Waals surface area contributed by atoms with E-state index in [1.165, 1.54) is 0 Å². The number of carbonyl (C=O) groups is 1. The van der Waals surface area contributed by atoms with Gasteiger partial charge in [-0.15, -0.1) is 0 Å². The van der Waals surface area contributed by atoms with E-state index < -0.39 is 0 Å². The van der Waals surface area contributed by atoms with Crippen molar-refractivity contribution in [2.24, 2.45) is 0 Å². The Bertz CT molecular complexity index is 1670. The minimum absolute atomic E-state index is 0.250. The van der Waals surface area contributed by atoms with Gasteiger partial charge in [-0.25, -0.2) is 14.7 Å². The topological polar surface area (TPSA) is 102 Å². The number of para-hydroxylation sites is 1. The Morgan fingerprint density at radius 1 is 0.864 bits per heavy atom. The number of aromatic nitrogens is 2. The van der Waals surface area contributed by atoms with Crippen molar-refractivity contribution in [2.75, 3.05) is 67.6 Å². The molecule has 0 unspecified atom stereocenters. The highest BCUT2D eigenvalue weighted by molar-refractivity contribution is 6.11. The first-order valence-corrected chi connectivity index (χ1v) is 14.5. The maximum atomic E-state index is 14.4. The zero-order valence-corrected chi connectivity index (χ0v) is 25.6. The van der Waals surface area contributed by atoms with Gasteiger partial charge < -0.3 is 29.2 Å². The number of rotatable bonds is 8. The molecule has 2 aliphatic rings. The molecule has 2 amide bonds. The third-order valence-corrected chi connectivity index (χ3v) is 7.93. The van der Waals surface area contributed by atoms with E-state index in [9.17, 15) is 4.79 Å². The molecule has 1 fully saturated rings. The molecule has 11 heteroatoms. The summed E-state index contributed by atoms with van der Waals surface area (Å²) in [4.78, 5) is 29.5. The number of nitrogens with one attached hydrogen (secondary N) is 1. The molecule has 0 spiro atoms. The van der Waals surface area contributed by atoms with Gasteiger partial charge in [0.1, 0.15) is 17.2 Å². The van der Waals surface area contributed by atoms with Crippen LogP contribution < -0.4 is 34.2 Å². The van der Waals surface area contributed by atoms with Crippen molar-refractivity contribution in [1.29, 1.82) is 0 Å². The van der Waals surface area contributed by atoms with Gasteiger partial charge >= 0.3 is 6.03 Å². The van der Waals surface area contributed by atoms with E-state index >= 15 is 0 Å². The van der Waals surface area contributed by atoms with E-state index in [0.717, 1.165) is 52.6 Å². The Kier molecular flexibility index (Phi) is 8.12. The van der Waals surface area contributed by atoms with Crippen molar-refractivity contribution in [3.63, 3.8) is 0 Å². The van der Waals surface area contributed by atoms with Crippen molar-refractivity contribution in [1.82, 2.24) is 9.97 Å². The third kappa shape index (κ3) is 5.42. The van der Waals surface area contributed by atoms with Gasteiger partial charge in [0.15, 0.2) is 5.82 Å². The van der Waals surface area contributed by atoms with Gasteiger partial charge in [-0.2, -0.15) is 4.98 Å². The predicted octanol–water partition coefficient (Wildman–Crippen LogP) is 5.98. The van der Waals surface area contributed by atoms with Crippen LogP contribution in [0.2, 0.25) is 0 Å². The Morgan fingerprint density at radius 3 is 2.27 bits per heavy atom. The smallest absolute Gasteiger partial charge is 0.335 e. The summed E-state index contributed by atoms with van der Waals surface area (Å²) in [6, 6.07) is 17.0. The molecule has 44 heavy (non-hydrogen) atoms. The van der Waals surface area contributed by atoms with Crippen molar-refractivity contribution in [2.45, 2.75) is 20.4 Å². The van der Waals surface area contributed by atoms with Crippen molar-refractivity contribution in [3.05, 3.63) is 77.5 Å². The zero-order valence-electron chi connectivity index (χ0n) is 25.6. The number of nitrogens with zero attached hydrogens (tertiary/aromatic N) is 5. The molecule has 3 aromatic carbocycles. The molecule has 0 aliphatic carbocycles. The number of aryl methyl sites for hydroxylation is 2.